The van der Waals surface area contributed by atoms with E-state index in [-0.39, 0.29) is 24.0 Å². The van der Waals surface area contributed by atoms with Crippen LogP contribution in [0.3, 0.4) is 0 Å². The summed E-state index contributed by atoms with van der Waals surface area (Å²) in [5.41, 5.74) is -1.04. The van der Waals surface area contributed by atoms with E-state index in [0.717, 1.165) is 4.90 Å². The van der Waals surface area contributed by atoms with Gasteiger partial charge in [0.25, 0.3) is 11.8 Å². The quantitative estimate of drug-likeness (QED) is 0.508. The van der Waals surface area contributed by atoms with E-state index in [1.165, 1.54) is 23.7 Å². The number of nitrogens with zero attached hydrogens (tertiary/aromatic N) is 6. The smallest absolute Gasteiger partial charge is 0.352 e. The van der Waals surface area contributed by atoms with E-state index in [1.807, 2.05) is 0 Å². The van der Waals surface area contributed by atoms with Crippen molar-refractivity contribution >= 4 is 23.2 Å². The molecule has 1 N–H and O–H groups in total. The first kappa shape index (κ1) is 24.8. The molecule has 0 bridgehead atoms. The van der Waals surface area contributed by atoms with Crippen molar-refractivity contribution in [2.45, 2.75) is 38.4 Å². The van der Waals surface area contributed by atoms with Crippen LogP contribution in [0.25, 0.3) is 10.7 Å². The Morgan fingerprint density at radius 2 is 1.86 bits per heavy atom. The molecule has 4 rings (SSSR count). The lowest BCUT2D eigenvalue weighted by molar-refractivity contribution is -0.138. The number of amides is 1. The molecule has 0 aliphatic carbocycles. The predicted molar refractivity (Wildman–Crippen MR) is 117 cm³/mol. The van der Waals surface area contributed by atoms with Crippen LogP contribution in [-0.2, 0) is 6.18 Å². The van der Waals surface area contributed by atoms with Gasteiger partial charge in [0.1, 0.15) is 4.88 Å². The fraction of sp³-hybridized carbons (Fsp3) is 0.429. The molecule has 3 aromatic rings. The maximum absolute atomic E-state index is 14.5. The van der Waals surface area contributed by atoms with Crippen molar-refractivity contribution in [1.82, 2.24) is 29.8 Å². The number of hydrogen-bond acceptors (Lipinski definition) is 8. The molecule has 4 heterocycles. The highest BCUT2D eigenvalue weighted by Gasteiger charge is 2.47. The van der Waals surface area contributed by atoms with Gasteiger partial charge >= 0.3 is 6.18 Å². The SMILES string of the molecule is Cc1nc(C(=O)N2CC(F)(F)C[C@@H](C)C2CNc2ncc(C(F)(F)F)cn2)c(-c2ncccn2)s1. The minimum Gasteiger partial charge on any atom is -0.352 e. The maximum atomic E-state index is 14.5. The summed E-state index contributed by atoms with van der Waals surface area (Å²) in [7, 11) is 0. The lowest BCUT2D eigenvalue weighted by Crippen LogP contribution is -2.57. The number of thiazole rings is 1. The van der Waals surface area contributed by atoms with Gasteiger partial charge < -0.3 is 10.2 Å². The van der Waals surface area contributed by atoms with Crippen LogP contribution in [0.2, 0.25) is 0 Å². The number of carbonyl (C=O) groups excluding carboxylic acids is 1. The topological polar surface area (TPSA) is 96.8 Å². The average Bonchev–Trinajstić information content (AvgIpc) is 3.19. The first-order valence-electron chi connectivity index (χ1n) is 10.5. The number of aryl methyl sites for hydroxylation is 1. The first-order chi connectivity index (χ1) is 16.4. The molecule has 0 radical (unpaired) electrons. The number of alkyl halides is 5. The van der Waals surface area contributed by atoms with Gasteiger partial charge in [0, 0.05) is 37.8 Å². The van der Waals surface area contributed by atoms with Crippen LogP contribution in [-0.4, -0.2) is 60.8 Å². The van der Waals surface area contributed by atoms with Crippen LogP contribution in [0, 0.1) is 12.8 Å². The van der Waals surface area contributed by atoms with Crippen molar-refractivity contribution in [3.8, 4) is 10.7 Å². The first-order valence-corrected chi connectivity index (χ1v) is 11.3. The fourth-order valence-corrected chi connectivity index (χ4v) is 4.78. The fourth-order valence-electron chi connectivity index (χ4n) is 3.92. The summed E-state index contributed by atoms with van der Waals surface area (Å²) in [4.78, 5) is 34.8. The van der Waals surface area contributed by atoms with Gasteiger partial charge in [0.2, 0.25) is 5.95 Å². The Balaban J connectivity index is 1.60. The number of nitrogens with one attached hydrogen (secondary N) is 1. The third-order valence-electron chi connectivity index (χ3n) is 5.49. The van der Waals surface area contributed by atoms with Gasteiger partial charge in [-0.1, -0.05) is 6.92 Å². The predicted octanol–water partition coefficient (Wildman–Crippen LogP) is 4.32. The summed E-state index contributed by atoms with van der Waals surface area (Å²) in [5.74, 6) is -4.32. The van der Waals surface area contributed by atoms with Crippen LogP contribution in [0.4, 0.5) is 27.9 Å². The van der Waals surface area contributed by atoms with Crippen LogP contribution in [0.15, 0.2) is 30.9 Å². The average molecular weight is 513 g/mol. The number of rotatable bonds is 5. The van der Waals surface area contributed by atoms with E-state index in [2.05, 4.69) is 30.2 Å². The summed E-state index contributed by atoms with van der Waals surface area (Å²) in [6.07, 6.45) is -0.792. The molecule has 186 valence electrons. The van der Waals surface area contributed by atoms with Crippen molar-refractivity contribution < 1.29 is 26.7 Å². The molecule has 0 spiro atoms. The lowest BCUT2D eigenvalue weighted by atomic mass is 9.88. The van der Waals surface area contributed by atoms with E-state index in [0.29, 0.717) is 22.3 Å². The largest absolute Gasteiger partial charge is 0.419 e. The van der Waals surface area contributed by atoms with Gasteiger partial charge in [-0.15, -0.1) is 11.3 Å². The molecular formula is C21H20F5N7OS. The van der Waals surface area contributed by atoms with Crippen LogP contribution in [0.1, 0.15) is 34.4 Å². The van der Waals surface area contributed by atoms with E-state index in [4.69, 9.17) is 0 Å². The monoisotopic (exact) mass is 513 g/mol. The van der Waals surface area contributed by atoms with Crippen molar-refractivity contribution in [2.24, 2.45) is 5.92 Å². The van der Waals surface area contributed by atoms with Gasteiger partial charge in [0.15, 0.2) is 11.5 Å². The molecule has 1 fully saturated rings. The zero-order chi connectivity index (χ0) is 25.4. The molecule has 1 aliphatic rings. The standard InChI is InChI=1S/C21H20F5N7OS/c1-11-6-20(22,23)10-33(14(11)9-31-19-29-7-13(8-30-19)21(24,25)26)18(34)15-16(35-12(2)32-15)17-27-4-3-5-28-17/h3-5,7-8,11,14H,6,9-10H2,1-2H3,(H,29,30,31)/t11-,14?/m1/s1. The summed E-state index contributed by atoms with van der Waals surface area (Å²) < 4.78 is 67.3. The number of anilines is 1. The summed E-state index contributed by atoms with van der Waals surface area (Å²) in [6, 6.07) is 0.885. The summed E-state index contributed by atoms with van der Waals surface area (Å²) >= 11 is 1.18. The van der Waals surface area contributed by atoms with Gasteiger partial charge in [-0.05, 0) is 18.9 Å². The number of halogens is 5. The van der Waals surface area contributed by atoms with E-state index >= 15 is 0 Å². The molecular weight excluding hydrogens is 493 g/mol. The Morgan fingerprint density at radius 3 is 2.49 bits per heavy atom. The summed E-state index contributed by atoms with van der Waals surface area (Å²) in [5, 5.41) is 3.31. The lowest BCUT2D eigenvalue weighted by Gasteiger charge is -2.43. The molecule has 0 aromatic carbocycles. The van der Waals surface area contributed by atoms with Gasteiger partial charge in [0.05, 0.1) is 23.2 Å². The van der Waals surface area contributed by atoms with Crippen molar-refractivity contribution in [1.29, 1.82) is 0 Å². The zero-order valence-corrected chi connectivity index (χ0v) is 19.4. The zero-order valence-electron chi connectivity index (χ0n) is 18.6. The second kappa shape index (κ2) is 9.40. The molecule has 2 atom stereocenters. The Kier molecular flexibility index (Phi) is 6.66. The maximum Gasteiger partial charge on any atom is 0.419 e. The minimum absolute atomic E-state index is 0.0284. The van der Waals surface area contributed by atoms with Crippen LogP contribution >= 0.6 is 11.3 Å². The van der Waals surface area contributed by atoms with Crippen molar-refractivity contribution in [3.05, 3.63) is 47.1 Å². The van der Waals surface area contributed by atoms with Crippen LogP contribution < -0.4 is 5.32 Å². The van der Waals surface area contributed by atoms with Gasteiger partial charge in [-0.3, -0.25) is 4.79 Å². The molecule has 1 amide bonds. The van der Waals surface area contributed by atoms with Gasteiger partial charge in [-0.2, -0.15) is 13.2 Å². The molecule has 14 heteroatoms. The van der Waals surface area contributed by atoms with Gasteiger partial charge in [-0.25, -0.2) is 33.7 Å². The molecule has 1 unspecified atom stereocenters. The number of carbonyl (C=O) groups is 1. The summed E-state index contributed by atoms with van der Waals surface area (Å²) in [6.45, 7) is 2.39. The molecule has 1 aliphatic heterocycles. The Bertz CT molecular complexity index is 1190. The Morgan fingerprint density at radius 1 is 1.20 bits per heavy atom. The minimum atomic E-state index is -4.59. The molecule has 3 aromatic heterocycles. The second-order valence-electron chi connectivity index (χ2n) is 8.19. The van der Waals surface area contributed by atoms with E-state index in [9.17, 15) is 26.7 Å². The Labute approximate surface area is 200 Å². The van der Waals surface area contributed by atoms with E-state index in [1.54, 1.807) is 19.9 Å². The third kappa shape index (κ3) is 5.52. The number of hydrogen-bond donors (Lipinski definition) is 1. The highest BCUT2D eigenvalue weighted by Crippen LogP contribution is 2.37. The molecule has 1 saturated heterocycles. The third-order valence-corrected chi connectivity index (χ3v) is 6.46. The van der Waals surface area contributed by atoms with Crippen molar-refractivity contribution in [3.63, 3.8) is 0 Å². The highest BCUT2D eigenvalue weighted by atomic mass is 32.1. The highest BCUT2D eigenvalue weighted by molar-refractivity contribution is 7.15. The Hall–Kier alpha value is -3.29. The number of aromatic nitrogens is 5. The molecule has 0 saturated carbocycles. The normalized spacial score (nSPS) is 20.0. The number of piperidine rings is 1. The van der Waals surface area contributed by atoms with Crippen molar-refractivity contribution in [2.75, 3.05) is 18.4 Å². The molecule has 8 nitrogen and oxygen atoms in total. The van der Waals surface area contributed by atoms with E-state index < -0.39 is 48.5 Å². The second-order valence-corrected chi connectivity index (χ2v) is 9.40. The molecule has 35 heavy (non-hydrogen) atoms. The number of likely N-dealkylation sites (tertiary alicyclic amines) is 1. The van der Waals surface area contributed by atoms with Crippen LogP contribution in [0.5, 0.6) is 0 Å².